The summed E-state index contributed by atoms with van der Waals surface area (Å²) in [5.41, 5.74) is -1.38. The quantitative estimate of drug-likeness (QED) is 0.415. The Labute approximate surface area is 167 Å². The van der Waals surface area contributed by atoms with Crippen molar-refractivity contribution in [3.8, 4) is 11.6 Å². The number of para-hydroxylation sites is 1. The number of phenols is 1. The van der Waals surface area contributed by atoms with Gasteiger partial charge in [0.25, 0.3) is 10.1 Å². The van der Waals surface area contributed by atoms with Crippen LogP contribution in [0.25, 0.3) is 10.9 Å². The van der Waals surface area contributed by atoms with Crippen LogP contribution >= 0.6 is 11.6 Å². The molecular formula is C15H9ClCrN3O6S-. The van der Waals surface area contributed by atoms with Crippen LogP contribution in [0, 0.1) is 0 Å². The summed E-state index contributed by atoms with van der Waals surface area (Å²) in [4.78, 5) is 13.9. The molecule has 12 heteroatoms. The fourth-order valence-corrected chi connectivity index (χ4v) is 3.13. The van der Waals surface area contributed by atoms with Gasteiger partial charge in [0.2, 0.25) is 5.43 Å². The van der Waals surface area contributed by atoms with Crippen LogP contribution in [0.2, 0.25) is 5.02 Å². The van der Waals surface area contributed by atoms with Crippen molar-refractivity contribution in [3.05, 3.63) is 51.6 Å². The number of rotatable bonds is 3. The molecule has 0 amide bonds. The van der Waals surface area contributed by atoms with Gasteiger partial charge in [-0.1, -0.05) is 23.7 Å². The number of benzene rings is 2. The molecule has 0 aliphatic carbocycles. The predicted molar refractivity (Wildman–Crippen MR) is 91.1 cm³/mol. The number of azo groups is 1. The first kappa shape index (κ1) is 20.9. The van der Waals surface area contributed by atoms with Gasteiger partial charge in [-0.15, -0.1) is 10.2 Å². The van der Waals surface area contributed by atoms with Crippen molar-refractivity contribution < 1.29 is 40.5 Å². The van der Waals surface area contributed by atoms with E-state index in [-0.39, 0.29) is 27.8 Å². The van der Waals surface area contributed by atoms with Gasteiger partial charge >= 0.3 is 0 Å². The zero-order chi connectivity index (χ0) is 19.1. The van der Waals surface area contributed by atoms with Gasteiger partial charge in [0.1, 0.15) is 16.3 Å². The number of pyridine rings is 1. The zero-order valence-corrected chi connectivity index (χ0v) is 15.9. The summed E-state index contributed by atoms with van der Waals surface area (Å²) < 4.78 is 31.6. The number of hydrogen-bond donors (Lipinski definition) is 3. The molecule has 0 saturated carbocycles. The molecule has 27 heavy (non-hydrogen) atoms. The van der Waals surface area contributed by atoms with Crippen molar-refractivity contribution >= 4 is 44.0 Å². The molecule has 3 rings (SSSR count). The molecule has 0 unspecified atom stereocenters. The van der Waals surface area contributed by atoms with Crippen molar-refractivity contribution in [1.29, 1.82) is 0 Å². The predicted octanol–water partition coefficient (Wildman–Crippen LogP) is 2.62. The third kappa shape index (κ3) is 4.13. The first-order valence-corrected chi connectivity index (χ1v) is 8.74. The van der Waals surface area contributed by atoms with E-state index < -0.39 is 43.4 Å². The largest absolute Gasteiger partial charge is 0.859 e. The van der Waals surface area contributed by atoms with Crippen LogP contribution in [-0.2, 0) is 27.5 Å². The Balaban J connectivity index is 0.00000261. The summed E-state index contributed by atoms with van der Waals surface area (Å²) in [6.45, 7) is 0. The number of hydrogen-bond acceptors (Lipinski definition) is 7. The molecule has 0 bridgehead atoms. The summed E-state index contributed by atoms with van der Waals surface area (Å²) in [7, 11) is -4.77. The number of nitrogens with zero attached hydrogens (tertiary/aromatic N) is 2. The molecule has 0 saturated heterocycles. The van der Waals surface area contributed by atoms with E-state index in [0.717, 1.165) is 12.1 Å². The van der Waals surface area contributed by atoms with Crippen LogP contribution in [0.3, 0.4) is 0 Å². The Hall–Kier alpha value is -2.42. The number of H-pyrrole nitrogens is 1. The van der Waals surface area contributed by atoms with Crippen LogP contribution in [0.5, 0.6) is 11.6 Å². The average Bonchev–Trinajstić information content (AvgIpc) is 2.56. The van der Waals surface area contributed by atoms with E-state index in [2.05, 4.69) is 15.2 Å². The summed E-state index contributed by atoms with van der Waals surface area (Å²) in [5.74, 6) is -1.74. The minimum absolute atomic E-state index is 0. The van der Waals surface area contributed by atoms with Crippen molar-refractivity contribution in [3.63, 3.8) is 0 Å². The number of aromatic amines is 1. The van der Waals surface area contributed by atoms with Gasteiger partial charge in [0.05, 0.1) is 0 Å². The van der Waals surface area contributed by atoms with E-state index in [0.29, 0.717) is 5.52 Å². The number of aromatic nitrogens is 1. The van der Waals surface area contributed by atoms with E-state index in [9.17, 15) is 23.4 Å². The minimum atomic E-state index is -4.77. The molecule has 0 spiro atoms. The maximum Gasteiger partial charge on any atom is 0.298 e. The Morgan fingerprint density at radius 2 is 1.81 bits per heavy atom. The topological polar surface area (TPSA) is 155 Å². The van der Waals surface area contributed by atoms with Crippen molar-refractivity contribution in [1.82, 2.24) is 4.98 Å². The average molecular weight is 447 g/mol. The number of phenolic OH excluding ortho intramolecular Hbond substituents is 1. The SMILES string of the molecule is O=c1c(N=Nc2cc(Cl)cc(S(=O)(=O)O)c2O)c([O-])[nH]c2ccccc12.[Cr]. The van der Waals surface area contributed by atoms with Crippen molar-refractivity contribution in [2.45, 2.75) is 4.90 Å². The summed E-state index contributed by atoms with van der Waals surface area (Å²) in [5, 5.41) is 29.0. The summed E-state index contributed by atoms with van der Waals surface area (Å²) >= 11 is 5.73. The first-order valence-electron chi connectivity index (χ1n) is 6.92. The van der Waals surface area contributed by atoms with E-state index in [1.807, 2.05) is 0 Å². The van der Waals surface area contributed by atoms with Gasteiger partial charge < -0.3 is 15.2 Å². The Kier molecular flexibility index (Phi) is 5.94. The van der Waals surface area contributed by atoms with Crippen LogP contribution in [0.1, 0.15) is 0 Å². The van der Waals surface area contributed by atoms with Crippen molar-refractivity contribution in [2.24, 2.45) is 10.2 Å². The van der Waals surface area contributed by atoms with Gasteiger partial charge in [-0.2, -0.15) is 8.42 Å². The third-order valence-corrected chi connectivity index (χ3v) is 4.49. The Morgan fingerprint density at radius 3 is 2.48 bits per heavy atom. The fraction of sp³-hybridized carbons (Fsp3) is 0. The Bertz CT molecular complexity index is 1230. The molecule has 1 heterocycles. The summed E-state index contributed by atoms with van der Waals surface area (Å²) in [6.07, 6.45) is 0. The molecule has 9 nitrogen and oxygen atoms in total. The zero-order valence-electron chi connectivity index (χ0n) is 13.1. The Morgan fingerprint density at radius 1 is 1.15 bits per heavy atom. The van der Waals surface area contributed by atoms with Gasteiger partial charge in [-0.05, 0) is 30.1 Å². The molecule has 3 aromatic rings. The third-order valence-electron chi connectivity index (χ3n) is 3.41. The maximum atomic E-state index is 12.4. The molecule has 0 fully saturated rings. The molecule has 0 radical (unpaired) electrons. The number of aromatic hydroxyl groups is 1. The van der Waals surface area contributed by atoms with Crippen LogP contribution in [-0.4, -0.2) is 23.1 Å². The minimum Gasteiger partial charge on any atom is -0.859 e. The van der Waals surface area contributed by atoms with Gasteiger partial charge in [-0.3, -0.25) is 9.35 Å². The molecular weight excluding hydrogens is 438 g/mol. The second kappa shape index (κ2) is 7.68. The molecule has 0 aliphatic rings. The second-order valence-corrected chi connectivity index (χ2v) is 6.95. The maximum absolute atomic E-state index is 12.4. The van der Waals surface area contributed by atoms with Gasteiger partial charge in [0, 0.05) is 33.3 Å². The van der Waals surface area contributed by atoms with Crippen LogP contribution in [0.4, 0.5) is 11.4 Å². The van der Waals surface area contributed by atoms with E-state index >= 15 is 0 Å². The smallest absolute Gasteiger partial charge is 0.298 e. The second-order valence-electron chi connectivity index (χ2n) is 5.12. The molecule has 140 valence electrons. The van der Waals surface area contributed by atoms with E-state index in [1.54, 1.807) is 18.2 Å². The monoisotopic (exact) mass is 446 g/mol. The van der Waals surface area contributed by atoms with Crippen LogP contribution < -0.4 is 10.5 Å². The van der Waals surface area contributed by atoms with Gasteiger partial charge in [0.15, 0.2) is 5.75 Å². The standard InChI is InChI=1S/C15H10ClN3O6S.Cr/c16-7-5-10(14(21)11(6-7)26(23,24)25)18-19-12-13(20)8-3-1-2-4-9(8)17-15(12)22;/h1-6,21H,(H2,17,20,22)(H,23,24,25);/p-1. The molecule has 0 atom stereocenters. The van der Waals surface area contributed by atoms with Crippen LogP contribution in [0.15, 0.2) is 56.3 Å². The van der Waals surface area contributed by atoms with E-state index in [1.165, 1.54) is 6.07 Å². The molecule has 2 aromatic carbocycles. The number of fused-ring (bicyclic) bond motifs is 1. The first-order chi connectivity index (χ1) is 12.2. The van der Waals surface area contributed by atoms with Crippen molar-refractivity contribution in [2.75, 3.05) is 0 Å². The molecule has 3 N–H and O–H groups in total. The molecule has 0 aliphatic heterocycles. The molecule has 1 aromatic heterocycles. The normalized spacial score (nSPS) is 11.6. The van der Waals surface area contributed by atoms with E-state index in [4.69, 9.17) is 16.2 Å². The van der Waals surface area contributed by atoms with Gasteiger partial charge in [-0.25, -0.2) is 0 Å². The summed E-state index contributed by atoms with van der Waals surface area (Å²) in [6, 6.07) is 8.13. The number of nitrogens with one attached hydrogen (secondary N) is 1. The fourth-order valence-electron chi connectivity index (χ4n) is 2.23. The number of halogens is 1.